The highest BCUT2D eigenvalue weighted by Gasteiger charge is 2.39. The molecule has 3 heterocycles. The van der Waals surface area contributed by atoms with Crippen molar-refractivity contribution in [1.29, 1.82) is 0 Å². The van der Waals surface area contributed by atoms with Crippen LogP contribution < -0.4 is 0 Å². The van der Waals surface area contributed by atoms with Crippen LogP contribution in [0.3, 0.4) is 0 Å². The number of rotatable bonds is 6. The molecule has 2 fully saturated rings. The SMILES string of the molecule is O=C([C@@H](c1cccnc1)N1CCOCC1)N(Cc1ccsc1)C1CC1. The summed E-state index contributed by atoms with van der Waals surface area (Å²) in [7, 11) is 0. The highest BCUT2D eigenvalue weighted by molar-refractivity contribution is 7.07. The van der Waals surface area contributed by atoms with Gasteiger partial charge in [0.1, 0.15) is 6.04 Å². The number of nitrogens with zero attached hydrogens (tertiary/aromatic N) is 3. The van der Waals surface area contributed by atoms with Gasteiger partial charge < -0.3 is 9.64 Å². The quantitative estimate of drug-likeness (QED) is 0.797. The average Bonchev–Trinajstić information content (AvgIpc) is 3.37. The number of carbonyl (C=O) groups excluding carboxylic acids is 1. The molecule has 2 aliphatic rings. The van der Waals surface area contributed by atoms with Crippen LogP contribution in [0.5, 0.6) is 0 Å². The lowest BCUT2D eigenvalue weighted by Gasteiger charge is -2.36. The monoisotopic (exact) mass is 357 g/mol. The summed E-state index contributed by atoms with van der Waals surface area (Å²) in [6.07, 6.45) is 5.81. The number of hydrogen-bond donors (Lipinski definition) is 0. The lowest BCUT2D eigenvalue weighted by Crippen LogP contribution is -2.47. The van der Waals surface area contributed by atoms with E-state index in [0.29, 0.717) is 25.8 Å². The van der Waals surface area contributed by atoms with Crippen LogP contribution in [0.2, 0.25) is 0 Å². The summed E-state index contributed by atoms with van der Waals surface area (Å²) in [6, 6.07) is 6.16. The number of ether oxygens (including phenoxy) is 1. The Hall–Kier alpha value is -1.76. The van der Waals surface area contributed by atoms with Gasteiger partial charge in [0.05, 0.1) is 13.2 Å². The van der Waals surface area contributed by atoms with E-state index in [0.717, 1.165) is 31.5 Å². The summed E-state index contributed by atoms with van der Waals surface area (Å²) in [5, 5.41) is 4.21. The van der Waals surface area contributed by atoms with Crippen molar-refractivity contribution < 1.29 is 9.53 Å². The summed E-state index contributed by atoms with van der Waals surface area (Å²) < 4.78 is 5.49. The third-order valence-electron chi connectivity index (χ3n) is 4.85. The van der Waals surface area contributed by atoms with Gasteiger partial charge in [0.2, 0.25) is 5.91 Å². The second-order valence-electron chi connectivity index (χ2n) is 6.67. The fraction of sp³-hybridized carbons (Fsp3) is 0.474. The van der Waals surface area contributed by atoms with Crippen molar-refractivity contribution in [2.75, 3.05) is 26.3 Å². The molecule has 1 atom stereocenters. The molecule has 0 N–H and O–H groups in total. The minimum Gasteiger partial charge on any atom is -0.379 e. The van der Waals surface area contributed by atoms with E-state index in [2.05, 4.69) is 31.6 Å². The predicted molar refractivity (Wildman–Crippen MR) is 97.3 cm³/mol. The number of carbonyl (C=O) groups is 1. The summed E-state index contributed by atoms with van der Waals surface area (Å²) >= 11 is 1.68. The van der Waals surface area contributed by atoms with Crippen molar-refractivity contribution in [3.63, 3.8) is 0 Å². The van der Waals surface area contributed by atoms with E-state index in [4.69, 9.17) is 4.74 Å². The topological polar surface area (TPSA) is 45.7 Å². The molecule has 6 heteroatoms. The molecule has 1 saturated heterocycles. The van der Waals surface area contributed by atoms with Gasteiger partial charge in [0.15, 0.2) is 0 Å². The maximum absolute atomic E-state index is 13.6. The third-order valence-corrected chi connectivity index (χ3v) is 5.58. The fourth-order valence-electron chi connectivity index (χ4n) is 3.39. The zero-order valence-electron chi connectivity index (χ0n) is 14.2. The van der Waals surface area contributed by atoms with Gasteiger partial charge in [-0.2, -0.15) is 11.3 Å². The Morgan fingerprint density at radius 1 is 1.36 bits per heavy atom. The summed E-state index contributed by atoms with van der Waals surface area (Å²) in [6.45, 7) is 3.62. The van der Waals surface area contributed by atoms with Gasteiger partial charge in [-0.05, 0) is 46.9 Å². The van der Waals surface area contributed by atoms with E-state index >= 15 is 0 Å². The molecule has 1 amide bonds. The van der Waals surface area contributed by atoms with E-state index < -0.39 is 0 Å². The number of thiophene rings is 1. The number of hydrogen-bond acceptors (Lipinski definition) is 5. The first kappa shape index (κ1) is 16.7. The van der Waals surface area contributed by atoms with Gasteiger partial charge >= 0.3 is 0 Å². The van der Waals surface area contributed by atoms with Crippen molar-refractivity contribution in [3.05, 3.63) is 52.5 Å². The van der Waals surface area contributed by atoms with Gasteiger partial charge in [-0.1, -0.05) is 6.07 Å². The molecule has 4 rings (SSSR count). The predicted octanol–water partition coefficient (Wildman–Crippen LogP) is 2.71. The van der Waals surface area contributed by atoms with Crippen molar-refractivity contribution in [1.82, 2.24) is 14.8 Å². The lowest BCUT2D eigenvalue weighted by atomic mass is 10.0. The first-order valence-corrected chi connectivity index (χ1v) is 9.80. The van der Waals surface area contributed by atoms with Crippen LogP contribution in [0.4, 0.5) is 0 Å². The molecule has 1 aliphatic heterocycles. The number of pyridine rings is 1. The van der Waals surface area contributed by atoms with Crippen LogP contribution in [0.1, 0.15) is 30.0 Å². The molecule has 132 valence electrons. The molecule has 0 radical (unpaired) electrons. The number of morpholine rings is 1. The molecule has 5 nitrogen and oxygen atoms in total. The molecule has 1 saturated carbocycles. The van der Waals surface area contributed by atoms with Crippen LogP contribution in [0.15, 0.2) is 41.4 Å². The molecule has 2 aromatic rings. The minimum absolute atomic E-state index is 0.198. The molecule has 25 heavy (non-hydrogen) atoms. The second kappa shape index (κ2) is 7.64. The highest BCUT2D eigenvalue weighted by Crippen LogP contribution is 2.33. The zero-order chi connectivity index (χ0) is 17.1. The fourth-order valence-corrected chi connectivity index (χ4v) is 4.05. The van der Waals surface area contributed by atoms with E-state index in [1.807, 2.05) is 18.3 Å². The van der Waals surface area contributed by atoms with Crippen molar-refractivity contribution >= 4 is 17.2 Å². The van der Waals surface area contributed by atoms with Crippen molar-refractivity contribution in [3.8, 4) is 0 Å². The normalized spacial score (nSPS) is 19.5. The van der Waals surface area contributed by atoms with Crippen LogP contribution in [-0.2, 0) is 16.1 Å². The summed E-state index contributed by atoms with van der Waals surface area (Å²) in [5.74, 6) is 0.198. The van der Waals surface area contributed by atoms with Crippen molar-refractivity contribution in [2.24, 2.45) is 0 Å². The summed E-state index contributed by atoms with van der Waals surface area (Å²) in [4.78, 5) is 22.1. The molecular weight excluding hydrogens is 334 g/mol. The molecule has 2 aromatic heterocycles. The van der Waals surface area contributed by atoms with Gasteiger partial charge in [0, 0.05) is 38.1 Å². The first-order chi connectivity index (χ1) is 12.3. The number of aromatic nitrogens is 1. The van der Waals surface area contributed by atoms with E-state index in [-0.39, 0.29) is 11.9 Å². The number of amides is 1. The Balaban J connectivity index is 1.61. The van der Waals surface area contributed by atoms with Crippen LogP contribution in [-0.4, -0.2) is 53.0 Å². The standard InChI is InChI=1S/C19H23N3O2S/c23-19(22(17-3-4-17)13-15-5-11-25-14-15)18(16-2-1-6-20-12-16)21-7-9-24-10-8-21/h1-2,5-6,11-12,14,17-18H,3-4,7-10,13H2/t18-/m1/s1. The third kappa shape index (κ3) is 3.92. The molecule has 1 aliphatic carbocycles. The minimum atomic E-state index is -0.267. The molecule has 0 unspecified atom stereocenters. The van der Waals surface area contributed by atoms with Crippen LogP contribution >= 0.6 is 11.3 Å². The molecular formula is C19H23N3O2S. The van der Waals surface area contributed by atoms with Crippen LogP contribution in [0, 0.1) is 0 Å². The Bertz CT molecular complexity index is 682. The van der Waals surface area contributed by atoms with Crippen molar-refractivity contribution in [2.45, 2.75) is 31.5 Å². The van der Waals surface area contributed by atoms with E-state index in [1.54, 1.807) is 17.5 Å². The van der Waals surface area contributed by atoms with Gasteiger partial charge in [-0.15, -0.1) is 0 Å². The Morgan fingerprint density at radius 2 is 2.20 bits per heavy atom. The van der Waals surface area contributed by atoms with Gasteiger partial charge in [-0.25, -0.2) is 0 Å². The Labute approximate surface area is 152 Å². The molecule has 0 bridgehead atoms. The zero-order valence-corrected chi connectivity index (χ0v) is 15.0. The summed E-state index contributed by atoms with van der Waals surface area (Å²) in [5.41, 5.74) is 2.20. The van der Waals surface area contributed by atoms with E-state index in [9.17, 15) is 4.79 Å². The largest absolute Gasteiger partial charge is 0.379 e. The average molecular weight is 357 g/mol. The molecule has 0 aromatic carbocycles. The Morgan fingerprint density at radius 3 is 2.84 bits per heavy atom. The Kier molecular flexibility index (Phi) is 5.10. The van der Waals surface area contributed by atoms with Gasteiger partial charge in [0.25, 0.3) is 0 Å². The van der Waals surface area contributed by atoms with E-state index in [1.165, 1.54) is 5.56 Å². The molecule has 0 spiro atoms. The smallest absolute Gasteiger partial charge is 0.245 e. The second-order valence-corrected chi connectivity index (χ2v) is 7.45. The highest BCUT2D eigenvalue weighted by atomic mass is 32.1. The first-order valence-electron chi connectivity index (χ1n) is 8.86. The maximum atomic E-state index is 13.6. The van der Waals surface area contributed by atoms with Gasteiger partial charge in [-0.3, -0.25) is 14.7 Å². The van der Waals surface area contributed by atoms with Crippen LogP contribution in [0.25, 0.3) is 0 Å². The lowest BCUT2D eigenvalue weighted by molar-refractivity contribution is -0.140. The maximum Gasteiger partial charge on any atom is 0.245 e.